The lowest BCUT2D eigenvalue weighted by molar-refractivity contribution is 1.05. The number of hydrogen-bond acceptors (Lipinski definition) is 3. The number of para-hydroxylation sites is 1. The van der Waals surface area contributed by atoms with Crippen molar-refractivity contribution in [1.82, 2.24) is 19.5 Å². The SMILES string of the molecule is N#Cc1cc(-c2ncnc3[nH]ccc23)cn1-c1ccccc1. The molecule has 0 radical (unpaired) electrons. The zero-order chi connectivity index (χ0) is 14.9. The van der Waals surface area contributed by atoms with Gasteiger partial charge in [0.1, 0.15) is 23.7 Å². The smallest absolute Gasteiger partial charge is 0.141 e. The lowest BCUT2D eigenvalue weighted by Gasteiger charge is -2.03. The highest BCUT2D eigenvalue weighted by Crippen LogP contribution is 2.27. The van der Waals surface area contributed by atoms with Crippen LogP contribution >= 0.6 is 0 Å². The Kier molecular flexibility index (Phi) is 2.73. The third kappa shape index (κ3) is 1.86. The Labute approximate surface area is 126 Å². The fourth-order valence-corrected chi connectivity index (χ4v) is 2.58. The Bertz CT molecular complexity index is 989. The Hall–Kier alpha value is -3.39. The van der Waals surface area contributed by atoms with Gasteiger partial charge in [-0.05, 0) is 24.3 Å². The predicted octanol–water partition coefficient (Wildman–Crippen LogP) is 3.29. The molecule has 0 unspecified atom stereocenters. The van der Waals surface area contributed by atoms with Crippen molar-refractivity contribution in [2.45, 2.75) is 0 Å². The lowest BCUT2D eigenvalue weighted by atomic mass is 10.1. The topological polar surface area (TPSA) is 70.3 Å². The van der Waals surface area contributed by atoms with Gasteiger partial charge in [-0.2, -0.15) is 5.26 Å². The van der Waals surface area contributed by atoms with Crippen molar-refractivity contribution in [3.8, 4) is 23.0 Å². The van der Waals surface area contributed by atoms with Crippen molar-refractivity contribution in [2.75, 3.05) is 0 Å². The summed E-state index contributed by atoms with van der Waals surface area (Å²) < 4.78 is 1.87. The molecule has 1 aromatic carbocycles. The number of nitrogens with one attached hydrogen (secondary N) is 1. The standard InChI is InChI=1S/C17H11N5/c18-9-14-8-12(10-22(14)13-4-2-1-3-5-13)16-15-6-7-19-17(15)21-11-20-16/h1-8,10-11H,(H,19,20,21). The maximum atomic E-state index is 9.40. The van der Waals surface area contributed by atoms with Gasteiger partial charge in [-0.1, -0.05) is 18.2 Å². The molecule has 0 amide bonds. The minimum atomic E-state index is 0.573. The molecule has 0 spiro atoms. The molecule has 4 rings (SSSR count). The van der Waals surface area contributed by atoms with E-state index in [2.05, 4.69) is 21.0 Å². The molecule has 0 saturated heterocycles. The monoisotopic (exact) mass is 285 g/mol. The molecule has 0 bridgehead atoms. The van der Waals surface area contributed by atoms with E-state index in [1.165, 1.54) is 6.33 Å². The van der Waals surface area contributed by atoms with Crippen LogP contribution < -0.4 is 0 Å². The van der Waals surface area contributed by atoms with Crippen LogP contribution in [0.5, 0.6) is 0 Å². The number of nitrogens with zero attached hydrogens (tertiary/aromatic N) is 4. The van der Waals surface area contributed by atoms with Gasteiger partial charge in [0.2, 0.25) is 0 Å². The molecule has 0 atom stereocenters. The highest BCUT2D eigenvalue weighted by molar-refractivity contribution is 5.90. The van der Waals surface area contributed by atoms with Crippen molar-refractivity contribution < 1.29 is 0 Å². The minimum Gasteiger partial charge on any atom is -0.346 e. The van der Waals surface area contributed by atoms with Gasteiger partial charge in [0.25, 0.3) is 0 Å². The van der Waals surface area contributed by atoms with Gasteiger partial charge in [-0.25, -0.2) is 9.97 Å². The molecule has 5 heteroatoms. The summed E-state index contributed by atoms with van der Waals surface area (Å²) in [6.07, 6.45) is 5.30. The molecule has 22 heavy (non-hydrogen) atoms. The zero-order valence-corrected chi connectivity index (χ0v) is 11.6. The first kappa shape index (κ1) is 12.4. The van der Waals surface area contributed by atoms with Gasteiger partial charge in [0, 0.05) is 29.0 Å². The van der Waals surface area contributed by atoms with Crippen LogP contribution in [0.2, 0.25) is 0 Å². The average Bonchev–Trinajstić information content (AvgIpc) is 3.22. The van der Waals surface area contributed by atoms with Crippen LogP contribution in [0.4, 0.5) is 0 Å². The van der Waals surface area contributed by atoms with Crippen molar-refractivity contribution in [2.24, 2.45) is 0 Å². The highest BCUT2D eigenvalue weighted by Gasteiger charge is 2.13. The van der Waals surface area contributed by atoms with Crippen LogP contribution in [0.25, 0.3) is 28.0 Å². The number of nitriles is 1. The van der Waals surface area contributed by atoms with Crippen LogP contribution in [0.3, 0.4) is 0 Å². The van der Waals surface area contributed by atoms with E-state index in [9.17, 15) is 5.26 Å². The normalized spacial score (nSPS) is 10.7. The number of aromatic amines is 1. The maximum absolute atomic E-state index is 9.40. The summed E-state index contributed by atoms with van der Waals surface area (Å²) in [6.45, 7) is 0. The van der Waals surface area contributed by atoms with Gasteiger partial charge in [-0.3, -0.25) is 0 Å². The second kappa shape index (κ2) is 4.86. The van der Waals surface area contributed by atoms with Crippen LogP contribution in [-0.4, -0.2) is 19.5 Å². The molecule has 0 aliphatic carbocycles. The average molecular weight is 285 g/mol. The van der Waals surface area contributed by atoms with Crippen molar-refractivity contribution in [3.05, 3.63) is 66.9 Å². The van der Waals surface area contributed by atoms with E-state index >= 15 is 0 Å². The first-order valence-corrected chi connectivity index (χ1v) is 6.83. The van der Waals surface area contributed by atoms with Crippen LogP contribution in [-0.2, 0) is 0 Å². The molecule has 4 aromatic rings. The first-order chi connectivity index (χ1) is 10.9. The fraction of sp³-hybridized carbons (Fsp3) is 0. The van der Waals surface area contributed by atoms with E-state index in [-0.39, 0.29) is 0 Å². The van der Waals surface area contributed by atoms with E-state index in [1.807, 2.05) is 59.4 Å². The molecule has 1 N–H and O–H groups in total. The molecule has 0 saturated carbocycles. The molecule has 104 valence electrons. The Morgan fingerprint density at radius 1 is 1.09 bits per heavy atom. The van der Waals surface area contributed by atoms with Gasteiger partial charge < -0.3 is 9.55 Å². The summed E-state index contributed by atoms with van der Waals surface area (Å²) in [5, 5.41) is 10.3. The highest BCUT2D eigenvalue weighted by atomic mass is 15.0. The summed E-state index contributed by atoms with van der Waals surface area (Å²) in [7, 11) is 0. The minimum absolute atomic E-state index is 0.573. The summed E-state index contributed by atoms with van der Waals surface area (Å²) >= 11 is 0. The molecule has 0 aliphatic rings. The van der Waals surface area contributed by atoms with Crippen molar-refractivity contribution >= 4 is 11.0 Å². The van der Waals surface area contributed by atoms with E-state index in [4.69, 9.17) is 0 Å². The number of benzene rings is 1. The van der Waals surface area contributed by atoms with E-state index in [1.54, 1.807) is 0 Å². The van der Waals surface area contributed by atoms with Gasteiger partial charge >= 0.3 is 0 Å². The fourth-order valence-electron chi connectivity index (χ4n) is 2.58. The molecule has 0 aliphatic heterocycles. The lowest BCUT2D eigenvalue weighted by Crippen LogP contribution is -1.94. The molecular weight excluding hydrogens is 274 g/mol. The predicted molar refractivity (Wildman–Crippen MR) is 83.4 cm³/mol. The van der Waals surface area contributed by atoms with Crippen LogP contribution in [0.15, 0.2) is 61.2 Å². The second-order valence-corrected chi connectivity index (χ2v) is 4.89. The van der Waals surface area contributed by atoms with E-state index in [0.29, 0.717) is 5.69 Å². The van der Waals surface area contributed by atoms with E-state index < -0.39 is 0 Å². The van der Waals surface area contributed by atoms with Gasteiger partial charge in [0.05, 0.1) is 5.69 Å². The van der Waals surface area contributed by atoms with Gasteiger partial charge in [-0.15, -0.1) is 0 Å². The summed E-state index contributed by atoms with van der Waals surface area (Å²) in [4.78, 5) is 11.6. The molecule has 3 heterocycles. The molecule has 3 aromatic heterocycles. The van der Waals surface area contributed by atoms with Gasteiger partial charge in [0.15, 0.2) is 0 Å². The maximum Gasteiger partial charge on any atom is 0.141 e. The Morgan fingerprint density at radius 2 is 1.95 bits per heavy atom. The quantitative estimate of drug-likeness (QED) is 0.614. The van der Waals surface area contributed by atoms with Crippen molar-refractivity contribution in [1.29, 1.82) is 5.26 Å². The molecule has 0 fully saturated rings. The molecule has 5 nitrogen and oxygen atoms in total. The summed E-state index contributed by atoms with van der Waals surface area (Å²) in [5.74, 6) is 0. The number of aromatic nitrogens is 4. The number of rotatable bonds is 2. The van der Waals surface area contributed by atoms with Crippen molar-refractivity contribution in [3.63, 3.8) is 0 Å². The first-order valence-electron chi connectivity index (χ1n) is 6.83. The third-order valence-corrected chi connectivity index (χ3v) is 3.60. The van der Waals surface area contributed by atoms with E-state index in [0.717, 1.165) is 28.0 Å². The molecular formula is C17H11N5. The number of hydrogen-bond donors (Lipinski definition) is 1. The third-order valence-electron chi connectivity index (χ3n) is 3.60. The largest absolute Gasteiger partial charge is 0.346 e. The van der Waals surface area contributed by atoms with Crippen LogP contribution in [0.1, 0.15) is 5.69 Å². The number of H-pyrrole nitrogens is 1. The zero-order valence-electron chi connectivity index (χ0n) is 11.6. The number of fused-ring (bicyclic) bond motifs is 1. The second-order valence-electron chi connectivity index (χ2n) is 4.89. The van der Waals surface area contributed by atoms with Crippen LogP contribution in [0, 0.1) is 11.3 Å². The summed E-state index contributed by atoms with van der Waals surface area (Å²) in [5.41, 5.74) is 4.02. The Morgan fingerprint density at radius 3 is 2.77 bits per heavy atom. The Balaban J connectivity index is 1.93. The summed E-state index contributed by atoms with van der Waals surface area (Å²) in [6, 6.07) is 15.8.